The van der Waals surface area contributed by atoms with Crippen LogP contribution in [0.5, 0.6) is 0 Å². The van der Waals surface area contributed by atoms with Gasteiger partial charge in [0, 0.05) is 19.1 Å². The molecule has 0 unspecified atom stereocenters. The fourth-order valence-corrected chi connectivity index (χ4v) is 2.66. The second kappa shape index (κ2) is 7.41. The Bertz CT molecular complexity index is 413. The van der Waals surface area contributed by atoms with Gasteiger partial charge >= 0.3 is 0 Å². The summed E-state index contributed by atoms with van der Waals surface area (Å²) in [6.07, 6.45) is 2.65. The van der Waals surface area contributed by atoms with Crippen LogP contribution in [-0.4, -0.2) is 42.5 Å². The number of carbonyl (C=O) groups excluding carboxylic acids is 1. The highest BCUT2D eigenvalue weighted by atomic mass is 16.2. The Hall–Kier alpha value is -1.39. The molecule has 0 saturated carbocycles. The first-order valence-corrected chi connectivity index (χ1v) is 7.51. The van der Waals surface area contributed by atoms with Crippen molar-refractivity contribution in [1.82, 2.24) is 10.2 Å². The van der Waals surface area contributed by atoms with E-state index in [9.17, 15) is 4.79 Å². The van der Waals surface area contributed by atoms with Crippen LogP contribution in [0.25, 0.3) is 0 Å². The number of nitrogens with zero attached hydrogens (tertiary/aromatic N) is 1. The summed E-state index contributed by atoms with van der Waals surface area (Å²) in [4.78, 5) is 14.5. The maximum Gasteiger partial charge on any atom is 0.237 e. The average Bonchev–Trinajstić information content (AvgIpc) is 2.49. The van der Waals surface area contributed by atoms with E-state index in [-0.39, 0.29) is 11.9 Å². The normalized spacial score (nSPS) is 18.7. The molecule has 4 nitrogen and oxygen atoms in total. The molecule has 1 saturated heterocycles. The number of rotatable bonds is 5. The molecule has 4 heteroatoms. The van der Waals surface area contributed by atoms with Gasteiger partial charge < -0.3 is 16.0 Å². The lowest BCUT2D eigenvalue weighted by molar-refractivity contribution is -0.123. The standard InChI is InChI=1S/C16H25N3O/c1-2-19-10-8-14(9-11-19)18-16(20)15(17)12-13-6-4-3-5-7-13/h3-7,14-15H,2,8-12,17H2,1H3,(H,18,20)/t15-/m1/s1. The summed E-state index contributed by atoms with van der Waals surface area (Å²) in [5.74, 6) is -0.0243. The Kier molecular flexibility index (Phi) is 5.56. The molecular formula is C16H25N3O. The Morgan fingerprint density at radius 2 is 2.00 bits per heavy atom. The van der Waals surface area contributed by atoms with Crippen LogP contribution in [0, 0.1) is 0 Å². The lowest BCUT2D eigenvalue weighted by atomic mass is 10.0. The minimum atomic E-state index is -0.457. The van der Waals surface area contributed by atoms with Gasteiger partial charge in [-0.3, -0.25) is 4.79 Å². The van der Waals surface area contributed by atoms with Gasteiger partial charge in [-0.1, -0.05) is 37.3 Å². The van der Waals surface area contributed by atoms with Crippen molar-refractivity contribution >= 4 is 5.91 Å². The van der Waals surface area contributed by atoms with E-state index in [0.29, 0.717) is 6.42 Å². The number of hydrogen-bond donors (Lipinski definition) is 2. The monoisotopic (exact) mass is 275 g/mol. The highest BCUT2D eigenvalue weighted by Gasteiger charge is 2.22. The molecule has 1 aromatic rings. The first-order chi connectivity index (χ1) is 9.69. The maximum atomic E-state index is 12.1. The topological polar surface area (TPSA) is 58.4 Å². The second-order valence-corrected chi connectivity index (χ2v) is 5.51. The number of carbonyl (C=O) groups is 1. The Balaban J connectivity index is 1.77. The van der Waals surface area contributed by atoms with E-state index < -0.39 is 6.04 Å². The van der Waals surface area contributed by atoms with Crippen molar-refractivity contribution in [2.75, 3.05) is 19.6 Å². The van der Waals surface area contributed by atoms with Gasteiger partial charge in [0.15, 0.2) is 0 Å². The Labute approximate surface area is 121 Å². The molecule has 20 heavy (non-hydrogen) atoms. The largest absolute Gasteiger partial charge is 0.352 e. The van der Waals surface area contributed by atoms with Crippen LogP contribution < -0.4 is 11.1 Å². The molecule has 1 fully saturated rings. The predicted octanol–water partition coefficient (Wildman–Crippen LogP) is 1.16. The lowest BCUT2D eigenvalue weighted by Gasteiger charge is -2.32. The fourth-order valence-electron chi connectivity index (χ4n) is 2.66. The van der Waals surface area contributed by atoms with Gasteiger partial charge in [0.1, 0.15) is 0 Å². The van der Waals surface area contributed by atoms with Crippen molar-refractivity contribution in [3.63, 3.8) is 0 Å². The van der Waals surface area contributed by atoms with Gasteiger partial charge in [0.2, 0.25) is 5.91 Å². The van der Waals surface area contributed by atoms with Gasteiger partial charge in [-0.05, 0) is 31.4 Å². The minimum Gasteiger partial charge on any atom is -0.352 e. The van der Waals surface area contributed by atoms with Gasteiger partial charge in [-0.15, -0.1) is 0 Å². The molecule has 0 bridgehead atoms. The molecule has 0 aromatic heterocycles. The van der Waals surface area contributed by atoms with Crippen LogP contribution in [0.4, 0.5) is 0 Å². The molecule has 110 valence electrons. The summed E-state index contributed by atoms with van der Waals surface area (Å²) in [5, 5.41) is 3.09. The third-order valence-corrected chi connectivity index (χ3v) is 4.02. The maximum absolute atomic E-state index is 12.1. The number of nitrogens with one attached hydrogen (secondary N) is 1. The molecule has 1 aromatic carbocycles. The van der Waals surface area contributed by atoms with Crippen LogP contribution in [-0.2, 0) is 11.2 Å². The Morgan fingerprint density at radius 1 is 1.35 bits per heavy atom. The van der Waals surface area contributed by atoms with Gasteiger partial charge in [0.05, 0.1) is 6.04 Å². The van der Waals surface area contributed by atoms with Crippen molar-refractivity contribution in [3.8, 4) is 0 Å². The molecule has 0 radical (unpaired) electrons. The summed E-state index contributed by atoms with van der Waals surface area (Å²) >= 11 is 0. The summed E-state index contributed by atoms with van der Waals surface area (Å²) < 4.78 is 0. The van der Waals surface area contributed by atoms with Crippen molar-refractivity contribution in [2.24, 2.45) is 5.73 Å². The van der Waals surface area contributed by atoms with E-state index in [1.165, 1.54) is 0 Å². The number of nitrogens with two attached hydrogens (primary N) is 1. The average molecular weight is 275 g/mol. The molecule has 2 rings (SSSR count). The quantitative estimate of drug-likeness (QED) is 0.848. The predicted molar refractivity (Wildman–Crippen MR) is 81.4 cm³/mol. The zero-order valence-electron chi connectivity index (χ0n) is 12.2. The SMILES string of the molecule is CCN1CCC(NC(=O)[C@H](N)Cc2ccccc2)CC1. The van der Waals surface area contributed by atoms with E-state index in [4.69, 9.17) is 5.73 Å². The highest BCUT2D eigenvalue weighted by molar-refractivity contribution is 5.82. The molecule has 0 spiro atoms. The van der Waals surface area contributed by atoms with Gasteiger partial charge in [-0.25, -0.2) is 0 Å². The third kappa shape index (κ3) is 4.32. The minimum absolute atomic E-state index is 0.0243. The van der Waals surface area contributed by atoms with Gasteiger partial charge in [-0.2, -0.15) is 0 Å². The van der Waals surface area contributed by atoms with Crippen molar-refractivity contribution in [1.29, 1.82) is 0 Å². The van der Waals surface area contributed by atoms with Crippen LogP contribution in [0.1, 0.15) is 25.3 Å². The van der Waals surface area contributed by atoms with Gasteiger partial charge in [0.25, 0.3) is 0 Å². The van der Waals surface area contributed by atoms with E-state index in [1.54, 1.807) is 0 Å². The van der Waals surface area contributed by atoms with Crippen LogP contribution in [0.3, 0.4) is 0 Å². The summed E-state index contributed by atoms with van der Waals surface area (Å²) in [7, 11) is 0. The third-order valence-electron chi connectivity index (χ3n) is 4.02. The molecule has 1 amide bonds. The van der Waals surface area contributed by atoms with E-state index in [1.807, 2.05) is 30.3 Å². The zero-order chi connectivity index (χ0) is 14.4. The van der Waals surface area contributed by atoms with E-state index in [2.05, 4.69) is 17.1 Å². The molecule has 0 aliphatic carbocycles. The highest BCUT2D eigenvalue weighted by Crippen LogP contribution is 2.10. The number of hydrogen-bond acceptors (Lipinski definition) is 3. The van der Waals surface area contributed by atoms with Crippen molar-refractivity contribution < 1.29 is 4.79 Å². The molecule has 1 atom stereocenters. The van der Waals surface area contributed by atoms with Crippen LogP contribution in [0.15, 0.2) is 30.3 Å². The zero-order valence-corrected chi connectivity index (χ0v) is 12.2. The number of amides is 1. The molecule has 1 aliphatic rings. The molecular weight excluding hydrogens is 250 g/mol. The summed E-state index contributed by atoms with van der Waals surface area (Å²) in [6.45, 7) is 5.40. The van der Waals surface area contributed by atoms with E-state index >= 15 is 0 Å². The van der Waals surface area contributed by atoms with Crippen molar-refractivity contribution in [2.45, 2.75) is 38.3 Å². The molecule has 1 aliphatic heterocycles. The number of piperidine rings is 1. The second-order valence-electron chi connectivity index (χ2n) is 5.51. The Morgan fingerprint density at radius 3 is 2.60 bits per heavy atom. The van der Waals surface area contributed by atoms with Crippen LogP contribution >= 0.6 is 0 Å². The first kappa shape index (κ1) is 15.0. The van der Waals surface area contributed by atoms with Crippen LogP contribution in [0.2, 0.25) is 0 Å². The molecule has 1 heterocycles. The molecule has 3 N–H and O–H groups in total. The fraction of sp³-hybridized carbons (Fsp3) is 0.562. The summed E-state index contributed by atoms with van der Waals surface area (Å²) in [5.41, 5.74) is 7.10. The van der Waals surface area contributed by atoms with E-state index in [0.717, 1.165) is 38.0 Å². The summed E-state index contributed by atoms with van der Waals surface area (Å²) in [6, 6.07) is 9.76. The lowest BCUT2D eigenvalue weighted by Crippen LogP contribution is -2.50. The first-order valence-electron chi connectivity index (χ1n) is 7.51. The smallest absolute Gasteiger partial charge is 0.237 e. The number of likely N-dealkylation sites (tertiary alicyclic amines) is 1. The van der Waals surface area contributed by atoms with Crippen molar-refractivity contribution in [3.05, 3.63) is 35.9 Å². The number of benzene rings is 1.